The molecule has 1 aromatic carbocycles. The zero-order valence-electron chi connectivity index (χ0n) is 29.0. The van der Waals surface area contributed by atoms with Crippen LogP contribution >= 0.6 is 0 Å². The summed E-state index contributed by atoms with van der Waals surface area (Å²) < 4.78 is 18.2. The molecule has 1 atom stereocenters. The second-order valence-electron chi connectivity index (χ2n) is 15.7. The molecule has 2 fully saturated rings. The molecular formula is C34H56BN3O6. The third-order valence-corrected chi connectivity index (χ3v) is 8.93. The predicted octanol–water partition coefficient (Wildman–Crippen LogP) is 6.25. The minimum absolute atomic E-state index is 0.129. The first-order valence-corrected chi connectivity index (χ1v) is 16.1. The summed E-state index contributed by atoms with van der Waals surface area (Å²) in [5.74, 6) is -0.598. The molecule has 1 saturated heterocycles. The Hall–Kier alpha value is -2.59. The van der Waals surface area contributed by atoms with E-state index in [1.54, 1.807) is 4.90 Å². The number of rotatable bonds is 11. The van der Waals surface area contributed by atoms with E-state index in [-0.39, 0.29) is 37.0 Å². The monoisotopic (exact) mass is 613 g/mol. The zero-order valence-corrected chi connectivity index (χ0v) is 29.0. The van der Waals surface area contributed by atoms with Gasteiger partial charge in [-0.25, -0.2) is 4.79 Å². The number of unbranched alkanes of at least 4 members (excludes halogenated alkanes) is 1. The molecular weight excluding hydrogens is 557 g/mol. The second kappa shape index (κ2) is 13.4. The largest absolute Gasteiger partial charge is 0.457 e. The Morgan fingerprint density at radius 1 is 0.932 bits per heavy atom. The normalized spacial score (nSPS) is 22.4. The van der Waals surface area contributed by atoms with Crippen molar-refractivity contribution < 1.29 is 28.4 Å². The fourth-order valence-electron chi connectivity index (χ4n) is 5.98. The van der Waals surface area contributed by atoms with Crippen molar-refractivity contribution in [2.24, 2.45) is 5.92 Å². The van der Waals surface area contributed by atoms with Crippen LogP contribution in [0.1, 0.15) is 114 Å². The van der Waals surface area contributed by atoms with Crippen LogP contribution in [0.15, 0.2) is 30.3 Å². The average molecular weight is 614 g/mol. The highest BCUT2D eigenvalue weighted by Crippen LogP contribution is 2.44. The second-order valence-corrected chi connectivity index (χ2v) is 15.7. The van der Waals surface area contributed by atoms with Gasteiger partial charge in [0.15, 0.2) is 0 Å². The molecule has 0 aromatic heterocycles. The molecule has 1 aliphatic heterocycles. The number of amides is 3. The van der Waals surface area contributed by atoms with Crippen LogP contribution in [0.2, 0.25) is 6.32 Å². The Morgan fingerprint density at radius 2 is 1.50 bits per heavy atom. The molecule has 1 unspecified atom stereocenters. The molecule has 246 valence electrons. The Bertz CT molecular complexity index is 1140. The van der Waals surface area contributed by atoms with Crippen LogP contribution in [0.5, 0.6) is 0 Å². The Kier molecular flexibility index (Phi) is 10.9. The summed E-state index contributed by atoms with van der Waals surface area (Å²) in [6, 6.07) is 9.71. The van der Waals surface area contributed by atoms with E-state index in [1.165, 1.54) is 6.92 Å². The van der Waals surface area contributed by atoms with Crippen molar-refractivity contribution >= 4 is 25.0 Å². The van der Waals surface area contributed by atoms with Gasteiger partial charge in [0.1, 0.15) is 11.1 Å². The zero-order chi connectivity index (χ0) is 33.1. The molecule has 0 radical (unpaired) electrons. The summed E-state index contributed by atoms with van der Waals surface area (Å²) >= 11 is 0. The van der Waals surface area contributed by atoms with E-state index in [2.05, 4.69) is 10.6 Å². The number of hydrogen-bond donors (Lipinski definition) is 2. The molecule has 1 aromatic rings. The topological polar surface area (TPSA) is 106 Å². The van der Waals surface area contributed by atoms with E-state index in [4.69, 9.17) is 14.0 Å². The van der Waals surface area contributed by atoms with Gasteiger partial charge in [-0.3, -0.25) is 9.59 Å². The summed E-state index contributed by atoms with van der Waals surface area (Å²) in [6.45, 7) is 21.4. The number of benzene rings is 1. The molecule has 1 aliphatic carbocycles. The molecule has 2 aliphatic rings. The van der Waals surface area contributed by atoms with E-state index < -0.39 is 27.9 Å². The first-order chi connectivity index (χ1) is 20.1. The molecule has 2 N–H and O–H groups in total. The summed E-state index contributed by atoms with van der Waals surface area (Å²) in [4.78, 5) is 41.9. The highest BCUT2D eigenvalue weighted by molar-refractivity contribution is 6.45. The third-order valence-electron chi connectivity index (χ3n) is 8.93. The quantitative estimate of drug-likeness (QED) is 0.226. The van der Waals surface area contributed by atoms with Crippen LogP contribution in [0.4, 0.5) is 4.79 Å². The lowest BCUT2D eigenvalue weighted by atomic mass is 9.64. The van der Waals surface area contributed by atoms with Gasteiger partial charge in [0.05, 0.1) is 11.2 Å². The van der Waals surface area contributed by atoms with Crippen molar-refractivity contribution in [3.63, 3.8) is 0 Å². The Morgan fingerprint density at radius 3 is 2.00 bits per heavy atom. The van der Waals surface area contributed by atoms with Gasteiger partial charge in [-0.2, -0.15) is 0 Å². The van der Waals surface area contributed by atoms with Gasteiger partial charge in [-0.05, 0) is 106 Å². The number of carbonyl (C=O) groups excluding carboxylic acids is 3. The van der Waals surface area contributed by atoms with Crippen LogP contribution in [0.25, 0.3) is 0 Å². The van der Waals surface area contributed by atoms with Gasteiger partial charge in [-0.1, -0.05) is 43.2 Å². The SMILES string of the molecule is CC(=O)NC(CCCCB1OC(C)(C)C(C)(C)O1)(C(=O)NC(C)(C)C)C1CC(N(Cc2ccccc2)C(=O)OC(C)(C)C)C1. The highest BCUT2D eigenvalue weighted by Gasteiger charge is 2.54. The first-order valence-electron chi connectivity index (χ1n) is 16.1. The third kappa shape index (κ3) is 9.22. The molecule has 3 amide bonds. The number of nitrogens with one attached hydrogen (secondary N) is 2. The summed E-state index contributed by atoms with van der Waals surface area (Å²) in [5, 5.41) is 6.25. The van der Waals surface area contributed by atoms with Crippen LogP contribution in [0.3, 0.4) is 0 Å². The fraction of sp³-hybridized carbons (Fsp3) is 0.735. The molecule has 1 saturated carbocycles. The average Bonchev–Trinajstić information content (AvgIpc) is 3.03. The molecule has 10 heteroatoms. The van der Waals surface area contributed by atoms with Gasteiger partial charge in [0, 0.05) is 25.0 Å². The molecule has 3 rings (SSSR count). The van der Waals surface area contributed by atoms with Crippen LogP contribution in [-0.4, -0.2) is 63.8 Å². The molecule has 0 bridgehead atoms. The van der Waals surface area contributed by atoms with Gasteiger partial charge in [0.25, 0.3) is 0 Å². The Labute approximate surface area is 265 Å². The van der Waals surface area contributed by atoms with Crippen molar-refractivity contribution in [3.05, 3.63) is 35.9 Å². The van der Waals surface area contributed by atoms with E-state index in [0.717, 1.165) is 12.0 Å². The van der Waals surface area contributed by atoms with Gasteiger partial charge in [-0.15, -0.1) is 0 Å². The molecule has 0 spiro atoms. The van der Waals surface area contributed by atoms with Crippen LogP contribution < -0.4 is 10.6 Å². The predicted molar refractivity (Wildman–Crippen MR) is 174 cm³/mol. The van der Waals surface area contributed by atoms with Gasteiger partial charge >= 0.3 is 13.2 Å². The van der Waals surface area contributed by atoms with E-state index in [0.29, 0.717) is 38.5 Å². The van der Waals surface area contributed by atoms with Crippen LogP contribution in [-0.2, 0) is 30.2 Å². The smallest absolute Gasteiger partial charge is 0.444 e. The summed E-state index contributed by atoms with van der Waals surface area (Å²) in [7, 11) is -0.313. The van der Waals surface area contributed by atoms with Crippen molar-refractivity contribution in [2.45, 2.75) is 155 Å². The minimum Gasteiger partial charge on any atom is -0.444 e. The summed E-state index contributed by atoms with van der Waals surface area (Å²) in [6.07, 6.45) is 3.40. The van der Waals surface area contributed by atoms with Crippen molar-refractivity contribution in [2.75, 3.05) is 0 Å². The first kappa shape index (κ1) is 35.9. The maximum atomic E-state index is 14.1. The van der Waals surface area contributed by atoms with Gasteiger partial charge < -0.3 is 29.6 Å². The van der Waals surface area contributed by atoms with E-state index in [9.17, 15) is 14.4 Å². The van der Waals surface area contributed by atoms with E-state index >= 15 is 0 Å². The molecule has 44 heavy (non-hydrogen) atoms. The molecule has 9 nitrogen and oxygen atoms in total. The maximum Gasteiger partial charge on any atom is 0.457 e. The summed E-state index contributed by atoms with van der Waals surface area (Å²) in [5.41, 5.74) is -2.03. The Balaban J connectivity index is 1.81. The van der Waals surface area contributed by atoms with Crippen LogP contribution in [0, 0.1) is 5.92 Å². The number of hydrogen-bond acceptors (Lipinski definition) is 6. The van der Waals surface area contributed by atoms with Crippen molar-refractivity contribution in [3.8, 4) is 0 Å². The van der Waals surface area contributed by atoms with Gasteiger partial charge in [0.2, 0.25) is 11.8 Å². The van der Waals surface area contributed by atoms with Crippen molar-refractivity contribution in [1.29, 1.82) is 0 Å². The van der Waals surface area contributed by atoms with Crippen molar-refractivity contribution in [1.82, 2.24) is 15.5 Å². The number of carbonyl (C=O) groups is 3. The lowest BCUT2D eigenvalue weighted by molar-refractivity contribution is -0.140. The lowest BCUT2D eigenvalue weighted by Gasteiger charge is -2.51. The van der Waals surface area contributed by atoms with E-state index in [1.807, 2.05) is 99.6 Å². The maximum absolute atomic E-state index is 14.1. The fourth-order valence-corrected chi connectivity index (χ4v) is 5.98. The molecule has 1 heterocycles. The highest BCUT2D eigenvalue weighted by atomic mass is 16.7. The number of ether oxygens (including phenoxy) is 1. The lowest BCUT2D eigenvalue weighted by Crippen LogP contribution is -2.68. The number of nitrogens with zero attached hydrogens (tertiary/aromatic N) is 1. The standard InChI is InChI=1S/C34H56BN3O6/c1-24(39)36-34(28(40)37-30(2,3)4,19-15-16-20-35-43-32(8,9)33(10,11)44-35)26-21-27(22-26)38(29(41)42-31(5,6)7)23-25-17-13-12-14-18-25/h12-14,17-18,26-27H,15-16,19-23H2,1-11H3,(H,36,39)(H,37,40). The minimum atomic E-state index is -1.11.